The molecule has 78 valence electrons. The third-order valence-corrected chi connectivity index (χ3v) is 3.90. The molecule has 0 bridgehead atoms. The quantitative estimate of drug-likeness (QED) is 0.535. The van der Waals surface area contributed by atoms with Crippen LogP contribution in [0.1, 0.15) is 52.4 Å². The van der Waals surface area contributed by atoms with Crippen LogP contribution < -0.4 is 0 Å². The molecule has 0 N–H and O–H groups in total. The second kappa shape index (κ2) is 4.33. The molecule has 0 fully saturated rings. The van der Waals surface area contributed by atoms with Gasteiger partial charge in [-0.3, -0.25) is 0 Å². The minimum Gasteiger partial charge on any atom is -0.0856 e. The van der Waals surface area contributed by atoms with E-state index < -0.39 is 0 Å². The van der Waals surface area contributed by atoms with E-state index in [0.29, 0.717) is 0 Å². The molecule has 0 heterocycles. The minimum absolute atomic E-state index is 0.989. The molecule has 0 amide bonds. The van der Waals surface area contributed by atoms with Gasteiger partial charge in [-0.25, -0.2) is 0 Å². The lowest BCUT2D eigenvalue weighted by atomic mass is 9.74. The van der Waals surface area contributed by atoms with Crippen LogP contribution in [-0.2, 0) is 0 Å². The fraction of sp³-hybridized carbons (Fsp3) is 0.714. The Hall–Kier alpha value is -0.520. The van der Waals surface area contributed by atoms with Crippen molar-refractivity contribution in [3.05, 3.63) is 23.3 Å². The number of rotatable bonds is 1. The van der Waals surface area contributed by atoms with Crippen LogP contribution in [0.25, 0.3) is 0 Å². The molecular formula is C14H22. The topological polar surface area (TPSA) is 0 Å². The molecule has 0 aromatic rings. The molecule has 2 aliphatic carbocycles. The van der Waals surface area contributed by atoms with Gasteiger partial charge in [-0.15, -0.1) is 0 Å². The van der Waals surface area contributed by atoms with Gasteiger partial charge < -0.3 is 0 Å². The lowest BCUT2D eigenvalue weighted by molar-refractivity contribution is 0.276. The van der Waals surface area contributed by atoms with E-state index in [2.05, 4.69) is 26.0 Å². The molecule has 2 atom stereocenters. The fourth-order valence-electron chi connectivity index (χ4n) is 3.09. The van der Waals surface area contributed by atoms with Gasteiger partial charge in [-0.1, -0.05) is 23.3 Å². The van der Waals surface area contributed by atoms with Gasteiger partial charge in [0.15, 0.2) is 0 Å². The molecule has 0 saturated heterocycles. The summed E-state index contributed by atoms with van der Waals surface area (Å²) in [5.74, 6) is 1.98. The van der Waals surface area contributed by atoms with Crippen LogP contribution in [0.3, 0.4) is 0 Å². The second-order valence-electron chi connectivity index (χ2n) is 5.18. The Labute approximate surface area is 88.1 Å². The summed E-state index contributed by atoms with van der Waals surface area (Å²) in [5, 5.41) is 0. The van der Waals surface area contributed by atoms with Crippen molar-refractivity contribution in [2.75, 3.05) is 0 Å². The molecule has 2 rings (SSSR count). The number of hydrogen-bond donors (Lipinski definition) is 0. The van der Waals surface area contributed by atoms with Crippen molar-refractivity contribution in [1.82, 2.24) is 0 Å². The van der Waals surface area contributed by atoms with E-state index in [1.807, 2.05) is 0 Å². The van der Waals surface area contributed by atoms with Gasteiger partial charge in [-0.2, -0.15) is 0 Å². The molecule has 0 saturated carbocycles. The van der Waals surface area contributed by atoms with Crippen LogP contribution in [0.5, 0.6) is 0 Å². The molecule has 0 radical (unpaired) electrons. The monoisotopic (exact) mass is 190 g/mol. The highest BCUT2D eigenvalue weighted by Crippen LogP contribution is 2.37. The second-order valence-corrected chi connectivity index (χ2v) is 5.18. The predicted molar refractivity (Wildman–Crippen MR) is 62.2 cm³/mol. The number of allylic oxidation sites excluding steroid dienone is 4. The summed E-state index contributed by atoms with van der Waals surface area (Å²) in [7, 11) is 0. The Bertz CT molecular complexity index is 229. The van der Waals surface area contributed by atoms with Gasteiger partial charge in [0.1, 0.15) is 0 Å². The minimum atomic E-state index is 0.989. The first-order valence-electron chi connectivity index (χ1n) is 6.07. The summed E-state index contributed by atoms with van der Waals surface area (Å²) >= 11 is 0. The highest BCUT2D eigenvalue weighted by molar-refractivity contribution is 5.08. The van der Waals surface area contributed by atoms with Crippen LogP contribution in [0.4, 0.5) is 0 Å². The highest BCUT2D eigenvalue weighted by Gasteiger charge is 2.24. The Morgan fingerprint density at radius 2 is 1.29 bits per heavy atom. The molecule has 2 unspecified atom stereocenters. The van der Waals surface area contributed by atoms with Gasteiger partial charge in [0.25, 0.3) is 0 Å². The van der Waals surface area contributed by atoms with E-state index in [4.69, 9.17) is 0 Å². The van der Waals surface area contributed by atoms with Crippen molar-refractivity contribution in [3.8, 4) is 0 Å². The Morgan fingerprint density at radius 1 is 0.857 bits per heavy atom. The smallest absolute Gasteiger partial charge is 0.0292 e. The third kappa shape index (κ3) is 2.29. The van der Waals surface area contributed by atoms with Crippen molar-refractivity contribution >= 4 is 0 Å². The first-order valence-corrected chi connectivity index (χ1v) is 6.07. The molecule has 0 spiro atoms. The van der Waals surface area contributed by atoms with Crippen LogP contribution in [-0.4, -0.2) is 0 Å². The van der Waals surface area contributed by atoms with Crippen LogP contribution in [0, 0.1) is 11.8 Å². The predicted octanol–water partition coefficient (Wildman–Crippen LogP) is 4.48. The van der Waals surface area contributed by atoms with Gasteiger partial charge >= 0.3 is 0 Å². The first kappa shape index (κ1) is 10.0. The average Bonchev–Trinajstić information content (AvgIpc) is 2.18. The largest absolute Gasteiger partial charge is 0.0856 e. The fourth-order valence-corrected chi connectivity index (χ4v) is 3.09. The van der Waals surface area contributed by atoms with Crippen molar-refractivity contribution < 1.29 is 0 Å². The maximum Gasteiger partial charge on any atom is -0.0292 e. The van der Waals surface area contributed by atoms with Crippen LogP contribution in [0.2, 0.25) is 0 Å². The Balaban J connectivity index is 1.96. The number of hydrogen-bond acceptors (Lipinski definition) is 0. The van der Waals surface area contributed by atoms with Crippen LogP contribution in [0.15, 0.2) is 23.3 Å². The zero-order valence-corrected chi connectivity index (χ0v) is 9.55. The normalized spacial score (nSPS) is 33.6. The summed E-state index contributed by atoms with van der Waals surface area (Å²) in [4.78, 5) is 0. The summed E-state index contributed by atoms with van der Waals surface area (Å²) < 4.78 is 0. The zero-order chi connectivity index (χ0) is 9.97. The molecule has 0 aromatic heterocycles. The zero-order valence-electron chi connectivity index (χ0n) is 9.55. The summed E-state index contributed by atoms with van der Waals surface area (Å²) in [6.07, 6.45) is 13.1. The average molecular weight is 190 g/mol. The maximum absolute atomic E-state index is 2.43. The van der Waals surface area contributed by atoms with Gasteiger partial charge in [-0.05, 0) is 64.2 Å². The van der Waals surface area contributed by atoms with E-state index in [9.17, 15) is 0 Å². The van der Waals surface area contributed by atoms with Gasteiger partial charge in [0.05, 0.1) is 0 Å². The Morgan fingerprint density at radius 3 is 1.64 bits per heavy atom. The maximum atomic E-state index is 2.43. The molecule has 14 heavy (non-hydrogen) atoms. The molecular weight excluding hydrogens is 168 g/mol. The Kier molecular flexibility index (Phi) is 3.10. The van der Waals surface area contributed by atoms with Crippen molar-refractivity contribution in [2.45, 2.75) is 52.4 Å². The standard InChI is InChI=1S/C14H22/c1-11-5-3-7-13(9-11)14-8-4-6-12(2)10-14/h5-6,13-14H,3-4,7-10H2,1-2H3. The molecule has 0 aliphatic heterocycles. The van der Waals surface area contributed by atoms with E-state index >= 15 is 0 Å². The van der Waals surface area contributed by atoms with E-state index in [-0.39, 0.29) is 0 Å². The third-order valence-electron chi connectivity index (χ3n) is 3.90. The van der Waals surface area contributed by atoms with Gasteiger partial charge in [0.2, 0.25) is 0 Å². The summed E-state index contributed by atoms with van der Waals surface area (Å²) in [6, 6.07) is 0. The van der Waals surface area contributed by atoms with Crippen LogP contribution >= 0.6 is 0 Å². The summed E-state index contributed by atoms with van der Waals surface area (Å²) in [6.45, 7) is 4.61. The molecule has 0 heteroatoms. The van der Waals surface area contributed by atoms with E-state index in [0.717, 1.165) is 11.8 Å². The molecule has 2 aliphatic rings. The highest BCUT2D eigenvalue weighted by atomic mass is 14.3. The first-order chi connectivity index (χ1) is 6.75. The molecule has 0 nitrogen and oxygen atoms in total. The molecule has 0 aromatic carbocycles. The van der Waals surface area contributed by atoms with E-state index in [1.165, 1.54) is 38.5 Å². The SMILES string of the molecule is CC1=CCCC(C2CCC=C(C)C2)C1. The summed E-state index contributed by atoms with van der Waals surface area (Å²) in [5.41, 5.74) is 3.27. The lowest BCUT2D eigenvalue weighted by Crippen LogP contribution is -2.19. The van der Waals surface area contributed by atoms with E-state index in [1.54, 1.807) is 11.1 Å². The van der Waals surface area contributed by atoms with Gasteiger partial charge in [0, 0.05) is 0 Å². The van der Waals surface area contributed by atoms with Crippen molar-refractivity contribution in [2.24, 2.45) is 11.8 Å². The van der Waals surface area contributed by atoms with Crippen molar-refractivity contribution in [1.29, 1.82) is 0 Å². The lowest BCUT2D eigenvalue weighted by Gasteiger charge is -2.32. The van der Waals surface area contributed by atoms with Crippen molar-refractivity contribution in [3.63, 3.8) is 0 Å².